The van der Waals surface area contributed by atoms with Crippen molar-refractivity contribution in [3.8, 4) is 0 Å². The Labute approximate surface area is 128 Å². The lowest BCUT2D eigenvalue weighted by atomic mass is 9.69. The van der Waals surface area contributed by atoms with E-state index in [4.69, 9.17) is 0 Å². The van der Waals surface area contributed by atoms with Gasteiger partial charge in [-0.3, -0.25) is 4.79 Å². The molecule has 0 radical (unpaired) electrons. The van der Waals surface area contributed by atoms with Crippen LogP contribution in [0, 0.1) is 23.2 Å². The van der Waals surface area contributed by atoms with Crippen LogP contribution in [0.2, 0.25) is 0 Å². The second-order valence-corrected chi connectivity index (χ2v) is 7.94. The number of carbonyl (C=O) groups excluding carboxylic acids is 1. The van der Waals surface area contributed by atoms with Crippen molar-refractivity contribution in [2.45, 2.75) is 72.8 Å². The fourth-order valence-electron chi connectivity index (χ4n) is 3.20. The molecular formula is C17H31NO3. The van der Waals surface area contributed by atoms with Crippen molar-refractivity contribution in [2.24, 2.45) is 23.2 Å². The quantitative estimate of drug-likeness (QED) is 0.816. The maximum atomic E-state index is 12.3. The third-order valence-corrected chi connectivity index (χ3v) is 4.64. The van der Waals surface area contributed by atoms with E-state index in [0.717, 1.165) is 25.7 Å². The Hall–Kier alpha value is -1.06. The molecule has 1 atom stereocenters. The number of carbonyl (C=O) groups is 2. The van der Waals surface area contributed by atoms with Gasteiger partial charge in [0, 0.05) is 5.92 Å². The summed E-state index contributed by atoms with van der Waals surface area (Å²) in [6, 6.07) is -0.752. The third-order valence-electron chi connectivity index (χ3n) is 4.64. The van der Waals surface area contributed by atoms with Crippen LogP contribution in [0.25, 0.3) is 0 Å². The molecular weight excluding hydrogens is 266 g/mol. The van der Waals surface area contributed by atoms with Gasteiger partial charge < -0.3 is 10.4 Å². The summed E-state index contributed by atoms with van der Waals surface area (Å²) in [6.45, 7) is 10.7. The monoisotopic (exact) mass is 297 g/mol. The summed E-state index contributed by atoms with van der Waals surface area (Å²) in [5.74, 6) is -0.107. The van der Waals surface area contributed by atoms with Gasteiger partial charge in [-0.15, -0.1) is 0 Å². The molecule has 0 aromatic rings. The highest BCUT2D eigenvalue weighted by Crippen LogP contribution is 2.39. The van der Waals surface area contributed by atoms with Crippen molar-refractivity contribution < 1.29 is 14.7 Å². The summed E-state index contributed by atoms with van der Waals surface area (Å²) in [6.07, 6.45) is 4.36. The molecule has 0 aromatic carbocycles. The second-order valence-electron chi connectivity index (χ2n) is 7.94. The Bertz CT molecular complexity index is 363. The van der Waals surface area contributed by atoms with Crippen molar-refractivity contribution in [1.82, 2.24) is 5.32 Å². The van der Waals surface area contributed by atoms with Crippen molar-refractivity contribution in [1.29, 1.82) is 0 Å². The van der Waals surface area contributed by atoms with Crippen LogP contribution in [0.1, 0.15) is 66.7 Å². The van der Waals surface area contributed by atoms with Gasteiger partial charge in [0.1, 0.15) is 6.04 Å². The molecule has 2 N–H and O–H groups in total. The number of carboxylic acid groups (broad SMARTS) is 1. The first-order valence-corrected chi connectivity index (χ1v) is 8.14. The van der Waals surface area contributed by atoms with Crippen LogP contribution in [0.4, 0.5) is 0 Å². The first-order chi connectivity index (χ1) is 9.61. The smallest absolute Gasteiger partial charge is 0.326 e. The van der Waals surface area contributed by atoms with E-state index >= 15 is 0 Å². The van der Waals surface area contributed by atoms with Gasteiger partial charge in [0.2, 0.25) is 5.91 Å². The minimum absolute atomic E-state index is 0.0161. The minimum Gasteiger partial charge on any atom is -0.480 e. The Kier molecular flexibility index (Phi) is 6.24. The molecule has 0 aliphatic heterocycles. The topological polar surface area (TPSA) is 66.4 Å². The molecule has 4 heteroatoms. The largest absolute Gasteiger partial charge is 0.480 e. The number of aliphatic carboxylic acids is 1. The minimum atomic E-state index is -0.930. The van der Waals surface area contributed by atoms with E-state index in [1.54, 1.807) is 0 Å². The molecule has 21 heavy (non-hydrogen) atoms. The van der Waals surface area contributed by atoms with E-state index in [2.05, 4.69) is 26.1 Å². The van der Waals surface area contributed by atoms with E-state index in [-0.39, 0.29) is 17.7 Å². The predicted molar refractivity (Wildman–Crippen MR) is 83.9 cm³/mol. The van der Waals surface area contributed by atoms with Gasteiger partial charge in [-0.2, -0.15) is 0 Å². The molecule has 4 nitrogen and oxygen atoms in total. The summed E-state index contributed by atoms with van der Waals surface area (Å²) in [5.41, 5.74) is 0.294. The summed E-state index contributed by atoms with van der Waals surface area (Å²) in [5, 5.41) is 11.9. The van der Waals surface area contributed by atoms with Crippen molar-refractivity contribution in [2.75, 3.05) is 0 Å². The summed E-state index contributed by atoms with van der Waals surface area (Å²) >= 11 is 0. The lowest BCUT2D eigenvalue weighted by Crippen LogP contribution is -2.45. The number of amides is 1. The van der Waals surface area contributed by atoms with Crippen molar-refractivity contribution >= 4 is 11.9 Å². The van der Waals surface area contributed by atoms with Gasteiger partial charge in [0.05, 0.1) is 0 Å². The molecule has 1 saturated carbocycles. The lowest BCUT2D eigenvalue weighted by Gasteiger charge is -2.36. The first-order valence-electron chi connectivity index (χ1n) is 8.14. The highest BCUT2D eigenvalue weighted by molar-refractivity contribution is 5.85. The molecule has 0 spiro atoms. The third kappa shape index (κ3) is 5.68. The van der Waals surface area contributed by atoms with Crippen LogP contribution in [-0.4, -0.2) is 23.0 Å². The van der Waals surface area contributed by atoms with E-state index in [0.29, 0.717) is 17.8 Å². The number of rotatable bonds is 5. The Balaban J connectivity index is 2.51. The maximum Gasteiger partial charge on any atom is 0.326 e. The van der Waals surface area contributed by atoms with Crippen LogP contribution >= 0.6 is 0 Å². The molecule has 1 amide bonds. The lowest BCUT2D eigenvalue weighted by molar-refractivity contribution is -0.143. The number of carboxylic acids is 1. The molecule has 0 bridgehead atoms. The average Bonchev–Trinajstić information content (AvgIpc) is 2.36. The van der Waals surface area contributed by atoms with E-state index in [1.807, 2.05) is 13.8 Å². The number of hydrogen-bond acceptors (Lipinski definition) is 2. The Morgan fingerprint density at radius 1 is 1.14 bits per heavy atom. The molecule has 1 rings (SSSR count). The Morgan fingerprint density at radius 2 is 1.67 bits per heavy atom. The molecule has 0 saturated heterocycles. The summed E-state index contributed by atoms with van der Waals surface area (Å²) in [7, 11) is 0. The van der Waals surface area contributed by atoms with Gasteiger partial charge >= 0.3 is 5.97 Å². The molecule has 1 aliphatic carbocycles. The standard InChI is InChI=1S/C17H31NO3/c1-11(2)10-14(16(20)21)18-15(19)12-6-8-13(9-7-12)17(3,4)5/h11-14H,6-10H2,1-5H3,(H,18,19)(H,20,21). The van der Waals surface area contributed by atoms with E-state index in [9.17, 15) is 14.7 Å². The highest BCUT2D eigenvalue weighted by atomic mass is 16.4. The van der Waals surface area contributed by atoms with Crippen LogP contribution in [0.3, 0.4) is 0 Å². The molecule has 1 fully saturated rings. The van der Waals surface area contributed by atoms with E-state index < -0.39 is 12.0 Å². The zero-order valence-electron chi connectivity index (χ0n) is 14.1. The van der Waals surface area contributed by atoms with Gasteiger partial charge in [0.15, 0.2) is 0 Å². The zero-order chi connectivity index (χ0) is 16.2. The normalized spacial score (nSPS) is 24.7. The zero-order valence-corrected chi connectivity index (χ0v) is 14.1. The van der Waals surface area contributed by atoms with Gasteiger partial charge in [-0.05, 0) is 49.4 Å². The number of nitrogens with one attached hydrogen (secondary N) is 1. The van der Waals surface area contributed by atoms with Gasteiger partial charge in [-0.25, -0.2) is 4.79 Å². The average molecular weight is 297 g/mol. The second kappa shape index (κ2) is 7.28. The van der Waals surface area contributed by atoms with Crippen molar-refractivity contribution in [3.05, 3.63) is 0 Å². The molecule has 0 aromatic heterocycles. The van der Waals surface area contributed by atoms with Gasteiger partial charge in [-0.1, -0.05) is 34.6 Å². The molecule has 1 unspecified atom stereocenters. The molecule has 1 aliphatic rings. The van der Waals surface area contributed by atoms with Crippen molar-refractivity contribution in [3.63, 3.8) is 0 Å². The van der Waals surface area contributed by atoms with Crippen LogP contribution in [-0.2, 0) is 9.59 Å². The van der Waals surface area contributed by atoms with Crippen LogP contribution in [0.5, 0.6) is 0 Å². The maximum absolute atomic E-state index is 12.3. The Morgan fingerprint density at radius 3 is 2.05 bits per heavy atom. The number of hydrogen-bond donors (Lipinski definition) is 2. The highest BCUT2D eigenvalue weighted by Gasteiger charge is 2.33. The van der Waals surface area contributed by atoms with E-state index in [1.165, 1.54) is 0 Å². The molecule has 122 valence electrons. The first kappa shape index (κ1) is 18.0. The molecule has 0 heterocycles. The summed E-state index contributed by atoms with van der Waals surface area (Å²) < 4.78 is 0. The SMILES string of the molecule is CC(C)CC(NC(=O)C1CCC(C(C)(C)C)CC1)C(=O)O. The predicted octanol–water partition coefficient (Wildman–Crippen LogP) is 3.45. The van der Waals surface area contributed by atoms with Crippen LogP contribution < -0.4 is 5.32 Å². The summed E-state index contributed by atoms with van der Waals surface area (Å²) in [4.78, 5) is 23.5. The fraction of sp³-hybridized carbons (Fsp3) is 0.882. The van der Waals surface area contributed by atoms with Crippen LogP contribution in [0.15, 0.2) is 0 Å². The fourth-order valence-corrected chi connectivity index (χ4v) is 3.20. The van der Waals surface area contributed by atoms with Gasteiger partial charge in [0.25, 0.3) is 0 Å².